The van der Waals surface area contributed by atoms with Gasteiger partial charge in [0.05, 0.1) is 11.4 Å². The Labute approximate surface area is 164 Å². The number of anilines is 3. The Morgan fingerprint density at radius 1 is 0.464 bits per heavy atom. The summed E-state index contributed by atoms with van der Waals surface area (Å²) in [6, 6.07) is 29.4. The van der Waals surface area contributed by atoms with Crippen LogP contribution >= 0.6 is 0 Å². The van der Waals surface area contributed by atoms with Crippen LogP contribution in [0.4, 0.5) is 17.1 Å². The number of benzene rings is 4. The highest BCUT2D eigenvalue weighted by molar-refractivity contribution is 5.92. The lowest BCUT2D eigenvalue weighted by Crippen LogP contribution is -2.25. The lowest BCUT2D eigenvalue weighted by Gasteiger charge is -2.40. The van der Waals surface area contributed by atoms with E-state index in [-0.39, 0.29) is 0 Å². The quantitative estimate of drug-likeness (QED) is 0.298. The molecule has 1 heteroatoms. The Morgan fingerprint density at radius 3 is 2.11 bits per heavy atom. The lowest BCUT2D eigenvalue weighted by atomic mass is 9.84. The van der Waals surface area contributed by atoms with Crippen molar-refractivity contribution in [1.29, 1.82) is 0 Å². The van der Waals surface area contributed by atoms with E-state index >= 15 is 0 Å². The van der Waals surface area contributed by atoms with E-state index in [4.69, 9.17) is 0 Å². The predicted molar refractivity (Wildman–Crippen MR) is 115 cm³/mol. The first-order valence-electron chi connectivity index (χ1n) is 10.1. The van der Waals surface area contributed by atoms with E-state index in [0.717, 1.165) is 19.3 Å². The van der Waals surface area contributed by atoms with Gasteiger partial charge in [0, 0.05) is 18.5 Å². The van der Waals surface area contributed by atoms with Crippen LogP contribution in [0.5, 0.6) is 0 Å². The number of rotatable bonds is 0. The zero-order valence-corrected chi connectivity index (χ0v) is 15.6. The number of hydrogen-bond donors (Lipinski definition) is 0. The normalized spacial score (nSPS) is 14.6. The molecule has 4 aromatic rings. The van der Waals surface area contributed by atoms with Crippen LogP contribution in [0.15, 0.2) is 78.9 Å². The minimum absolute atomic E-state index is 1.03. The first kappa shape index (κ1) is 14.7. The molecule has 7 rings (SSSR count). The van der Waals surface area contributed by atoms with Crippen LogP contribution in [0.3, 0.4) is 0 Å². The van der Waals surface area contributed by atoms with Gasteiger partial charge in [0.15, 0.2) is 0 Å². The van der Waals surface area contributed by atoms with Crippen molar-refractivity contribution in [2.75, 3.05) is 4.90 Å². The first-order valence-corrected chi connectivity index (χ1v) is 10.1. The van der Waals surface area contributed by atoms with Crippen LogP contribution in [0.2, 0.25) is 0 Å². The molecule has 2 heterocycles. The van der Waals surface area contributed by atoms with Gasteiger partial charge in [-0.15, -0.1) is 0 Å². The summed E-state index contributed by atoms with van der Waals surface area (Å²) in [6.07, 6.45) is 3.12. The second-order valence-electron chi connectivity index (χ2n) is 8.17. The maximum atomic E-state index is 2.53. The Bertz CT molecular complexity index is 1300. The SMILES string of the molecule is c1ccc2c(c1)Cc1c-2ccc2c1Cc1cccc3c1N2c1ccccc1C3. The fraction of sp³-hybridized carbons (Fsp3) is 0.111. The zero-order chi connectivity index (χ0) is 18.2. The first-order chi connectivity index (χ1) is 13.9. The Hall–Kier alpha value is -3.32. The standard InChI is InChI=1S/C27H19N/c1-3-10-21-17(6-1)15-23-22(21)12-13-26-24(23)16-20-9-5-8-19-14-18-7-2-4-11-25(18)28(26)27(19)20/h1-13H,14-16H2. The Kier molecular flexibility index (Phi) is 2.70. The molecule has 0 N–H and O–H groups in total. The van der Waals surface area contributed by atoms with Crippen LogP contribution in [0, 0.1) is 0 Å². The summed E-state index contributed by atoms with van der Waals surface area (Å²) in [4.78, 5) is 2.53. The van der Waals surface area contributed by atoms with Gasteiger partial charge in [0.25, 0.3) is 0 Å². The van der Waals surface area contributed by atoms with Crippen molar-refractivity contribution in [2.45, 2.75) is 19.3 Å². The molecule has 0 saturated carbocycles. The van der Waals surface area contributed by atoms with E-state index < -0.39 is 0 Å². The van der Waals surface area contributed by atoms with Gasteiger partial charge in [0.1, 0.15) is 0 Å². The minimum Gasteiger partial charge on any atom is -0.309 e. The molecule has 4 aromatic carbocycles. The molecule has 0 radical (unpaired) electrons. The molecule has 0 atom stereocenters. The van der Waals surface area contributed by atoms with Crippen LogP contribution in [-0.4, -0.2) is 0 Å². The van der Waals surface area contributed by atoms with Gasteiger partial charge in [-0.2, -0.15) is 0 Å². The molecular weight excluding hydrogens is 338 g/mol. The largest absolute Gasteiger partial charge is 0.309 e. The van der Waals surface area contributed by atoms with Crippen LogP contribution in [0.25, 0.3) is 11.1 Å². The molecule has 0 spiro atoms. The number of hydrogen-bond acceptors (Lipinski definition) is 1. The maximum Gasteiger partial charge on any atom is 0.0532 e. The molecule has 0 aromatic heterocycles. The molecule has 0 amide bonds. The van der Waals surface area contributed by atoms with Crippen molar-refractivity contribution in [3.05, 3.63) is 112 Å². The predicted octanol–water partition coefficient (Wildman–Crippen LogP) is 6.54. The second kappa shape index (κ2) is 5.14. The van der Waals surface area contributed by atoms with Gasteiger partial charge in [-0.25, -0.2) is 0 Å². The average molecular weight is 357 g/mol. The van der Waals surface area contributed by atoms with Gasteiger partial charge >= 0.3 is 0 Å². The van der Waals surface area contributed by atoms with E-state index in [9.17, 15) is 0 Å². The average Bonchev–Trinajstić information content (AvgIpc) is 3.13. The van der Waals surface area contributed by atoms with E-state index in [0.29, 0.717) is 0 Å². The maximum absolute atomic E-state index is 2.53. The van der Waals surface area contributed by atoms with Crippen LogP contribution in [0.1, 0.15) is 33.4 Å². The smallest absolute Gasteiger partial charge is 0.0532 e. The summed E-state index contributed by atoms with van der Waals surface area (Å²) in [5, 5.41) is 0. The zero-order valence-electron chi connectivity index (χ0n) is 15.6. The van der Waals surface area contributed by atoms with E-state index in [2.05, 4.69) is 83.8 Å². The summed E-state index contributed by atoms with van der Waals surface area (Å²) in [5.41, 5.74) is 15.8. The molecule has 0 bridgehead atoms. The van der Waals surface area contributed by atoms with E-state index in [1.54, 1.807) is 0 Å². The van der Waals surface area contributed by atoms with Crippen molar-refractivity contribution < 1.29 is 0 Å². The number of para-hydroxylation sites is 2. The molecule has 1 aliphatic carbocycles. The molecule has 3 aliphatic rings. The van der Waals surface area contributed by atoms with Crippen molar-refractivity contribution in [3.8, 4) is 11.1 Å². The molecule has 2 aliphatic heterocycles. The van der Waals surface area contributed by atoms with Gasteiger partial charge in [-0.3, -0.25) is 0 Å². The minimum atomic E-state index is 1.03. The molecule has 0 fully saturated rings. The van der Waals surface area contributed by atoms with E-state index in [1.807, 2.05) is 0 Å². The van der Waals surface area contributed by atoms with Gasteiger partial charge in [0.2, 0.25) is 0 Å². The fourth-order valence-electron chi connectivity index (χ4n) is 5.53. The van der Waals surface area contributed by atoms with Gasteiger partial charge < -0.3 is 4.90 Å². The third-order valence-electron chi connectivity index (χ3n) is 6.73. The summed E-state index contributed by atoms with van der Waals surface area (Å²) < 4.78 is 0. The van der Waals surface area contributed by atoms with Crippen molar-refractivity contribution in [3.63, 3.8) is 0 Å². The van der Waals surface area contributed by atoms with Crippen molar-refractivity contribution in [2.24, 2.45) is 0 Å². The molecular formula is C27H19N. The highest BCUT2D eigenvalue weighted by atomic mass is 15.2. The fourth-order valence-corrected chi connectivity index (χ4v) is 5.53. The van der Waals surface area contributed by atoms with Crippen LogP contribution in [-0.2, 0) is 19.3 Å². The number of nitrogens with zero attached hydrogens (tertiary/aromatic N) is 1. The van der Waals surface area contributed by atoms with E-state index in [1.165, 1.54) is 61.6 Å². The summed E-state index contributed by atoms with van der Waals surface area (Å²) >= 11 is 0. The highest BCUT2D eigenvalue weighted by Gasteiger charge is 2.34. The third kappa shape index (κ3) is 1.77. The lowest BCUT2D eigenvalue weighted by molar-refractivity contribution is 0.997. The van der Waals surface area contributed by atoms with Gasteiger partial charge in [-0.1, -0.05) is 66.7 Å². The molecule has 0 unspecified atom stereocenters. The second-order valence-corrected chi connectivity index (χ2v) is 8.17. The van der Waals surface area contributed by atoms with Crippen molar-refractivity contribution in [1.82, 2.24) is 0 Å². The highest BCUT2D eigenvalue weighted by Crippen LogP contribution is 2.53. The Balaban J connectivity index is 1.52. The van der Waals surface area contributed by atoms with Crippen molar-refractivity contribution >= 4 is 17.1 Å². The topological polar surface area (TPSA) is 3.24 Å². The molecule has 132 valence electrons. The molecule has 1 nitrogen and oxygen atoms in total. The summed E-state index contributed by atoms with van der Waals surface area (Å²) in [7, 11) is 0. The molecule has 0 saturated heterocycles. The summed E-state index contributed by atoms with van der Waals surface area (Å²) in [6.45, 7) is 0. The van der Waals surface area contributed by atoms with Gasteiger partial charge in [-0.05, 0) is 63.1 Å². The Morgan fingerprint density at radius 2 is 1.18 bits per heavy atom. The molecule has 28 heavy (non-hydrogen) atoms. The summed E-state index contributed by atoms with van der Waals surface area (Å²) in [5.74, 6) is 0. The third-order valence-corrected chi connectivity index (χ3v) is 6.73. The monoisotopic (exact) mass is 357 g/mol. The number of fused-ring (bicyclic) bond motifs is 8. The van der Waals surface area contributed by atoms with Crippen LogP contribution < -0.4 is 4.90 Å².